The van der Waals surface area contributed by atoms with Crippen LogP contribution >= 0.6 is 0 Å². The van der Waals surface area contributed by atoms with Crippen LogP contribution in [0.25, 0.3) is 0 Å². The van der Waals surface area contributed by atoms with E-state index in [1.807, 2.05) is 0 Å². The van der Waals surface area contributed by atoms with Crippen molar-refractivity contribution in [3.63, 3.8) is 0 Å². The Bertz CT molecular complexity index is 218. The van der Waals surface area contributed by atoms with Crippen LogP contribution in [0.4, 0.5) is 0 Å². The van der Waals surface area contributed by atoms with Gasteiger partial charge in [-0.3, -0.25) is 0 Å². The molecule has 0 N–H and O–H groups in total. The van der Waals surface area contributed by atoms with E-state index in [4.69, 9.17) is 12.3 Å². The topological polar surface area (TPSA) is 31.0 Å². The number of epoxide rings is 1. The van der Waals surface area contributed by atoms with E-state index in [1.54, 1.807) is 14.2 Å². The van der Waals surface area contributed by atoms with Crippen molar-refractivity contribution >= 4 is 13.9 Å². The Labute approximate surface area is 95.5 Å². The molecule has 0 aromatic heterocycles. The van der Waals surface area contributed by atoms with Gasteiger partial charge in [-0.2, -0.15) is 0 Å². The van der Waals surface area contributed by atoms with Crippen molar-refractivity contribution < 1.29 is 12.3 Å². The van der Waals surface area contributed by atoms with Crippen molar-refractivity contribution in [2.24, 2.45) is 5.92 Å². The standard InChI is InChI=1S/C11H22GeO3/c1-12(13-2,14-3)7-6-9-4-5-10-11(8-9)15-10/h9-11H,4-8H2,1-3H3. The molecule has 2 rings (SSSR count). The van der Waals surface area contributed by atoms with Gasteiger partial charge in [-0.05, 0) is 0 Å². The van der Waals surface area contributed by atoms with Crippen molar-refractivity contribution in [1.29, 1.82) is 0 Å². The molecule has 0 aromatic carbocycles. The van der Waals surface area contributed by atoms with Crippen molar-refractivity contribution in [1.82, 2.24) is 0 Å². The Balaban J connectivity index is 1.72. The predicted molar refractivity (Wildman–Crippen MR) is 61.1 cm³/mol. The van der Waals surface area contributed by atoms with Gasteiger partial charge in [0.1, 0.15) is 0 Å². The SMILES string of the molecule is C[O][Ge]([CH3])([CH2]CC1CCC2OC2C1)[O]C. The summed E-state index contributed by atoms with van der Waals surface area (Å²) in [6.07, 6.45) is 6.39. The van der Waals surface area contributed by atoms with E-state index >= 15 is 0 Å². The molecule has 1 aliphatic carbocycles. The molecule has 0 aromatic rings. The number of rotatable bonds is 5. The van der Waals surface area contributed by atoms with Gasteiger partial charge >= 0.3 is 95.2 Å². The van der Waals surface area contributed by atoms with E-state index in [2.05, 4.69) is 5.76 Å². The number of fused-ring (bicyclic) bond motifs is 1. The number of ether oxygens (including phenoxy) is 1. The Morgan fingerprint density at radius 3 is 2.53 bits per heavy atom. The summed E-state index contributed by atoms with van der Waals surface area (Å²) < 4.78 is 16.6. The van der Waals surface area contributed by atoms with E-state index < -0.39 is 13.9 Å². The van der Waals surface area contributed by atoms with Gasteiger partial charge in [0, 0.05) is 0 Å². The zero-order valence-electron chi connectivity index (χ0n) is 9.99. The molecular formula is C11H22GeO3. The first-order valence-electron chi connectivity index (χ1n) is 5.92. The molecular weight excluding hydrogens is 253 g/mol. The van der Waals surface area contributed by atoms with Gasteiger partial charge in [-0.1, -0.05) is 0 Å². The maximum absolute atomic E-state index is 5.55. The maximum atomic E-state index is 5.55. The average Bonchev–Trinajstić information content (AvgIpc) is 3.04. The number of hydrogen-bond acceptors (Lipinski definition) is 3. The molecule has 1 aliphatic heterocycles. The van der Waals surface area contributed by atoms with Gasteiger partial charge in [-0.15, -0.1) is 0 Å². The van der Waals surface area contributed by atoms with Crippen LogP contribution in [-0.2, 0) is 12.3 Å². The van der Waals surface area contributed by atoms with Gasteiger partial charge in [0.05, 0.1) is 0 Å². The molecule has 0 bridgehead atoms. The molecule has 15 heavy (non-hydrogen) atoms. The first-order valence-corrected chi connectivity index (χ1v) is 11.2. The third kappa shape index (κ3) is 2.96. The Morgan fingerprint density at radius 2 is 1.93 bits per heavy atom. The second kappa shape index (κ2) is 4.74. The van der Waals surface area contributed by atoms with Crippen LogP contribution in [0.5, 0.6) is 0 Å². The molecule has 2 fully saturated rings. The second-order valence-corrected chi connectivity index (χ2v) is 12.5. The summed E-state index contributed by atoms with van der Waals surface area (Å²) in [5.41, 5.74) is 0. The van der Waals surface area contributed by atoms with E-state index in [0.717, 1.165) is 11.2 Å². The summed E-state index contributed by atoms with van der Waals surface area (Å²) >= 11 is -2.33. The number of hydrogen-bond donors (Lipinski definition) is 0. The van der Waals surface area contributed by atoms with Crippen molar-refractivity contribution in [2.75, 3.05) is 14.2 Å². The zero-order chi connectivity index (χ0) is 10.9. The summed E-state index contributed by atoms with van der Waals surface area (Å²) in [5.74, 6) is 3.04. The van der Waals surface area contributed by atoms with Gasteiger partial charge < -0.3 is 0 Å². The molecule has 0 spiro atoms. The summed E-state index contributed by atoms with van der Waals surface area (Å²) in [6.45, 7) is 0. The average molecular weight is 275 g/mol. The molecule has 0 amide bonds. The molecule has 88 valence electrons. The molecule has 2 aliphatic rings. The van der Waals surface area contributed by atoms with Gasteiger partial charge in [-0.25, -0.2) is 0 Å². The fourth-order valence-electron chi connectivity index (χ4n) is 2.50. The summed E-state index contributed by atoms with van der Waals surface area (Å²) in [7, 11) is 3.59. The van der Waals surface area contributed by atoms with E-state index in [-0.39, 0.29) is 0 Å². The van der Waals surface area contributed by atoms with Crippen molar-refractivity contribution in [3.8, 4) is 0 Å². The first-order chi connectivity index (χ1) is 7.17. The van der Waals surface area contributed by atoms with Crippen LogP contribution in [-0.4, -0.2) is 40.4 Å². The van der Waals surface area contributed by atoms with Crippen LogP contribution in [0, 0.1) is 5.92 Å². The van der Waals surface area contributed by atoms with Crippen molar-refractivity contribution in [3.05, 3.63) is 0 Å². The molecule has 4 heteroatoms. The second-order valence-electron chi connectivity index (χ2n) is 4.97. The van der Waals surface area contributed by atoms with E-state index in [9.17, 15) is 0 Å². The van der Waals surface area contributed by atoms with Gasteiger partial charge in [0.2, 0.25) is 0 Å². The molecule has 3 atom stereocenters. The third-order valence-electron chi connectivity index (χ3n) is 3.98. The third-order valence-corrected chi connectivity index (χ3v) is 10.1. The summed E-state index contributed by atoms with van der Waals surface area (Å²) in [6, 6.07) is 0. The summed E-state index contributed by atoms with van der Waals surface area (Å²) in [5, 5.41) is 1.16. The minimum absolute atomic E-state index is 0.604. The predicted octanol–water partition coefficient (Wildman–Crippen LogP) is 2.31. The molecule has 3 unspecified atom stereocenters. The first kappa shape index (κ1) is 11.9. The molecule has 0 radical (unpaired) electrons. The Morgan fingerprint density at radius 1 is 1.20 bits per heavy atom. The molecule has 1 heterocycles. The zero-order valence-corrected chi connectivity index (χ0v) is 12.1. The van der Waals surface area contributed by atoms with Crippen LogP contribution in [0.2, 0.25) is 11.0 Å². The van der Waals surface area contributed by atoms with Crippen LogP contribution < -0.4 is 0 Å². The van der Waals surface area contributed by atoms with Crippen LogP contribution in [0.15, 0.2) is 0 Å². The van der Waals surface area contributed by atoms with Gasteiger partial charge in [0.25, 0.3) is 0 Å². The fraction of sp³-hybridized carbons (Fsp3) is 1.00. The van der Waals surface area contributed by atoms with E-state index in [1.165, 1.54) is 25.7 Å². The van der Waals surface area contributed by atoms with E-state index in [0.29, 0.717) is 12.2 Å². The molecule has 1 saturated heterocycles. The summed E-state index contributed by atoms with van der Waals surface area (Å²) in [4.78, 5) is 0. The fourth-order valence-corrected chi connectivity index (χ4v) is 5.67. The Kier molecular flexibility index (Phi) is 3.76. The quantitative estimate of drug-likeness (QED) is 0.569. The monoisotopic (exact) mass is 276 g/mol. The molecule has 1 saturated carbocycles. The molecule has 3 nitrogen and oxygen atoms in total. The van der Waals surface area contributed by atoms with Gasteiger partial charge in [0.15, 0.2) is 0 Å². The van der Waals surface area contributed by atoms with Crippen molar-refractivity contribution in [2.45, 2.75) is 48.9 Å². The Hall–Kier alpha value is 0.423. The van der Waals surface area contributed by atoms with Crippen LogP contribution in [0.3, 0.4) is 0 Å². The minimum atomic E-state index is -2.33. The van der Waals surface area contributed by atoms with Crippen LogP contribution in [0.1, 0.15) is 25.7 Å². The normalized spacial score (nSPS) is 35.0.